The highest BCUT2D eigenvalue weighted by Crippen LogP contribution is 2.39. The van der Waals surface area contributed by atoms with Gasteiger partial charge in [0.15, 0.2) is 11.6 Å². The molecule has 2 aromatic rings. The molecule has 0 saturated carbocycles. The largest absolute Gasteiger partial charge is 0.398 e. The molecule has 106 valence electrons. The summed E-state index contributed by atoms with van der Waals surface area (Å²) in [6.07, 6.45) is 0. The van der Waals surface area contributed by atoms with E-state index >= 15 is 0 Å². The minimum absolute atomic E-state index is 0.228. The van der Waals surface area contributed by atoms with Gasteiger partial charge < -0.3 is 5.73 Å². The predicted octanol–water partition coefficient (Wildman–Crippen LogP) is 3.53. The van der Waals surface area contributed by atoms with Gasteiger partial charge in [-0.05, 0) is 53.3 Å². The van der Waals surface area contributed by atoms with E-state index in [1.54, 1.807) is 18.2 Å². The third kappa shape index (κ3) is 2.11. The molecule has 3 rings (SSSR count). The van der Waals surface area contributed by atoms with E-state index in [-0.39, 0.29) is 17.1 Å². The van der Waals surface area contributed by atoms with Gasteiger partial charge in [0.2, 0.25) is 0 Å². The summed E-state index contributed by atoms with van der Waals surface area (Å²) in [5.74, 6) is -0.498. The summed E-state index contributed by atoms with van der Waals surface area (Å²) in [5, 5.41) is 0. The number of hydrogen-bond acceptors (Lipinski definition) is 5. The Kier molecular flexibility index (Phi) is 3.58. The molecule has 0 spiro atoms. The van der Waals surface area contributed by atoms with E-state index in [0.29, 0.717) is 32.2 Å². The van der Waals surface area contributed by atoms with Gasteiger partial charge >= 0.3 is 0 Å². The van der Waals surface area contributed by atoms with Crippen LogP contribution in [-0.2, 0) is 0 Å². The van der Waals surface area contributed by atoms with Crippen LogP contribution in [0.2, 0.25) is 0 Å². The Morgan fingerprint density at radius 3 is 2.33 bits per heavy atom. The molecule has 1 aliphatic rings. The number of carbonyl (C=O) groups excluding carboxylic acids is 2. The summed E-state index contributed by atoms with van der Waals surface area (Å²) in [6, 6.07) is 5.13. The maximum Gasteiger partial charge on any atom is 0.197 e. The van der Waals surface area contributed by atoms with E-state index < -0.39 is 0 Å². The second-order valence-corrected chi connectivity index (χ2v) is 7.00. The quantitative estimate of drug-likeness (QED) is 0.292. The fraction of sp³-hybridized carbons (Fsp3) is 0.0667. The van der Waals surface area contributed by atoms with Crippen LogP contribution in [0.15, 0.2) is 28.0 Å². The van der Waals surface area contributed by atoms with Gasteiger partial charge in [-0.25, -0.2) is 0 Å². The lowest BCUT2D eigenvalue weighted by Crippen LogP contribution is -2.24. The number of nitrogens with two attached hydrogens (primary N) is 1. The summed E-state index contributed by atoms with van der Waals surface area (Å²) in [4.78, 5) is 26.5. The second-order valence-electron chi connectivity index (χ2n) is 4.91. The molecule has 21 heavy (non-hydrogen) atoms. The Balaban J connectivity index is 2.44. The normalized spacial score (nSPS) is 13.1. The lowest BCUT2D eigenvalue weighted by molar-refractivity contribution is 0.0975. The van der Waals surface area contributed by atoms with Crippen molar-refractivity contribution in [2.75, 3.05) is 5.73 Å². The number of nitrogen functional groups attached to an aromatic ring is 1. The fourth-order valence-electron chi connectivity index (χ4n) is 2.57. The number of ketones is 2. The molecule has 2 aromatic carbocycles. The van der Waals surface area contributed by atoms with Crippen LogP contribution < -0.4 is 5.73 Å². The van der Waals surface area contributed by atoms with Gasteiger partial charge in [-0.1, -0.05) is 0 Å². The minimum Gasteiger partial charge on any atom is -0.398 e. The van der Waals surface area contributed by atoms with Gasteiger partial charge in [-0.3, -0.25) is 9.59 Å². The monoisotopic (exact) mass is 427 g/mol. The van der Waals surface area contributed by atoms with Gasteiger partial charge in [-0.15, -0.1) is 25.3 Å². The molecule has 0 aromatic heterocycles. The van der Waals surface area contributed by atoms with Crippen LogP contribution >= 0.6 is 47.8 Å². The second kappa shape index (κ2) is 5.03. The molecule has 2 N–H and O–H groups in total. The third-order valence-corrected chi connectivity index (χ3v) is 5.57. The first-order valence-corrected chi connectivity index (χ1v) is 8.04. The Bertz CT molecular complexity index is 846. The zero-order chi connectivity index (χ0) is 15.5. The van der Waals surface area contributed by atoms with Crippen molar-refractivity contribution >= 4 is 65.1 Å². The summed E-state index contributed by atoms with van der Waals surface area (Å²) in [7, 11) is 0. The molecule has 6 heteroatoms. The van der Waals surface area contributed by atoms with Crippen LogP contribution in [0.4, 0.5) is 5.69 Å². The van der Waals surface area contributed by atoms with Crippen LogP contribution in [0, 0.1) is 10.5 Å². The standard InChI is InChI=1S/C15H10INO2S2/c1-5-2-6-10(9(20)3-5)14(19)11-8(17)4-7(16)15(21)12(11)13(6)18/h2-4,20-21H,17H2,1H3. The lowest BCUT2D eigenvalue weighted by atomic mass is 9.82. The average Bonchev–Trinajstić information content (AvgIpc) is 2.39. The van der Waals surface area contributed by atoms with Gasteiger partial charge in [0, 0.05) is 30.2 Å². The molecular weight excluding hydrogens is 417 g/mol. The van der Waals surface area contributed by atoms with Crippen molar-refractivity contribution in [1.29, 1.82) is 0 Å². The Labute approximate surface area is 146 Å². The molecule has 0 heterocycles. The van der Waals surface area contributed by atoms with E-state index in [4.69, 9.17) is 5.73 Å². The molecule has 0 unspecified atom stereocenters. The molecule has 1 aliphatic carbocycles. The Morgan fingerprint density at radius 2 is 1.67 bits per heavy atom. The number of fused-ring (bicyclic) bond motifs is 2. The van der Waals surface area contributed by atoms with Gasteiger partial charge in [0.1, 0.15) is 0 Å². The SMILES string of the molecule is Cc1cc(S)c2c(c1)C(=O)c1c(S)c(I)cc(N)c1C2=O. The smallest absolute Gasteiger partial charge is 0.197 e. The molecule has 0 saturated heterocycles. The summed E-state index contributed by atoms with van der Waals surface area (Å²) < 4.78 is 0.746. The number of rotatable bonds is 0. The van der Waals surface area contributed by atoms with Crippen LogP contribution in [0.1, 0.15) is 37.4 Å². The maximum atomic E-state index is 12.8. The van der Waals surface area contributed by atoms with Crippen molar-refractivity contribution in [3.8, 4) is 0 Å². The van der Waals surface area contributed by atoms with Crippen LogP contribution in [0.25, 0.3) is 0 Å². The highest BCUT2D eigenvalue weighted by atomic mass is 127. The van der Waals surface area contributed by atoms with Gasteiger partial charge in [0.25, 0.3) is 0 Å². The lowest BCUT2D eigenvalue weighted by Gasteiger charge is -2.22. The molecule has 0 bridgehead atoms. The minimum atomic E-state index is -0.270. The first-order valence-electron chi connectivity index (χ1n) is 6.07. The van der Waals surface area contributed by atoms with Gasteiger partial charge in [-0.2, -0.15) is 0 Å². The zero-order valence-electron chi connectivity index (χ0n) is 10.9. The predicted molar refractivity (Wildman–Crippen MR) is 96.1 cm³/mol. The molecule has 0 aliphatic heterocycles. The Morgan fingerprint density at radius 1 is 1.00 bits per heavy atom. The topological polar surface area (TPSA) is 60.2 Å². The molecule has 0 amide bonds. The van der Waals surface area contributed by atoms with Crippen molar-refractivity contribution in [2.24, 2.45) is 0 Å². The van der Waals surface area contributed by atoms with E-state index in [0.717, 1.165) is 9.13 Å². The van der Waals surface area contributed by atoms with Gasteiger partial charge in [0.05, 0.1) is 11.1 Å². The number of benzene rings is 2. The number of carbonyl (C=O) groups is 2. The van der Waals surface area contributed by atoms with E-state index in [1.807, 2.05) is 6.92 Å². The molecule has 0 fully saturated rings. The molecule has 3 nitrogen and oxygen atoms in total. The number of aryl methyl sites for hydroxylation is 1. The number of hydrogen-bond donors (Lipinski definition) is 3. The van der Waals surface area contributed by atoms with Crippen molar-refractivity contribution in [3.63, 3.8) is 0 Å². The van der Waals surface area contributed by atoms with E-state index in [9.17, 15) is 9.59 Å². The van der Waals surface area contributed by atoms with Crippen molar-refractivity contribution in [1.82, 2.24) is 0 Å². The zero-order valence-corrected chi connectivity index (χ0v) is 14.8. The summed E-state index contributed by atoms with van der Waals surface area (Å²) >= 11 is 10.8. The number of anilines is 1. The molecule has 0 radical (unpaired) electrons. The summed E-state index contributed by atoms with van der Waals surface area (Å²) in [6.45, 7) is 1.86. The van der Waals surface area contributed by atoms with Crippen LogP contribution in [0.3, 0.4) is 0 Å². The first-order chi connectivity index (χ1) is 9.82. The van der Waals surface area contributed by atoms with Crippen LogP contribution in [0.5, 0.6) is 0 Å². The van der Waals surface area contributed by atoms with Crippen molar-refractivity contribution in [3.05, 3.63) is 49.6 Å². The average molecular weight is 427 g/mol. The van der Waals surface area contributed by atoms with E-state index in [1.165, 1.54) is 0 Å². The molecule has 0 atom stereocenters. The Hall–Kier alpha value is -0.990. The third-order valence-electron chi connectivity index (χ3n) is 3.47. The highest BCUT2D eigenvalue weighted by Gasteiger charge is 2.35. The van der Waals surface area contributed by atoms with Crippen molar-refractivity contribution < 1.29 is 9.59 Å². The number of thiol groups is 2. The highest BCUT2D eigenvalue weighted by molar-refractivity contribution is 14.1. The molecular formula is C15H10INO2S2. The maximum absolute atomic E-state index is 12.8. The summed E-state index contributed by atoms with van der Waals surface area (Å²) in [5.41, 5.74) is 8.35. The van der Waals surface area contributed by atoms with Crippen molar-refractivity contribution in [2.45, 2.75) is 16.7 Å². The fourth-order valence-corrected chi connectivity index (χ4v) is 3.88. The number of halogens is 1. The van der Waals surface area contributed by atoms with Crippen LogP contribution in [-0.4, -0.2) is 11.6 Å². The van der Waals surface area contributed by atoms with E-state index in [2.05, 4.69) is 47.8 Å². The first kappa shape index (κ1) is 14.9.